The maximum Gasteiger partial charge on any atom is 0.191 e. The first kappa shape index (κ1) is 23.2. The van der Waals surface area contributed by atoms with Gasteiger partial charge in [-0.25, -0.2) is 9.38 Å². The van der Waals surface area contributed by atoms with Gasteiger partial charge in [0, 0.05) is 37.3 Å². The fourth-order valence-electron chi connectivity index (χ4n) is 3.18. The van der Waals surface area contributed by atoms with Gasteiger partial charge >= 0.3 is 0 Å². The van der Waals surface area contributed by atoms with E-state index in [1.54, 1.807) is 7.11 Å². The summed E-state index contributed by atoms with van der Waals surface area (Å²) < 4.78 is 18.5. The van der Waals surface area contributed by atoms with Gasteiger partial charge in [-0.05, 0) is 48.2 Å². The molecule has 3 aromatic rings. The largest absolute Gasteiger partial charge is 0.380 e. The lowest BCUT2D eigenvalue weighted by Crippen LogP contribution is -2.38. The molecule has 0 spiro atoms. The van der Waals surface area contributed by atoms with Gasteiger partial charge in [-0.2, -0.15) is 0 Å². The molecule has 0 amide bonds. The molecular weight excluding hydrogens is 482 g/mol. The zero-order chi connectivity index (χ0) is 19.8. The highest BCUT2D eigenvalue weighted by molar-refractivity contribution is 14.0. The quantitative estimate of drug-likeness (QED) is 0.240. The molecule has 2 aromatic carbocycles. The molecule has 1 heterocycles. The Balaban J connectivity index is 0.00000300. The first-order valence-electron chi connectivity index (χ1n) is 9.54. The smallest absolute Gasteiger partial charge is 0.191 e. The molecule has 1 aromatic heterocycles. The topological polar surface area (TPSA) is 61.4 Å². The van der Waals surface area contributed by atoms with Gasteiger partial charge in [-0.1, -0.05) is 24.3 Å². The average Bonchev–Trinajstić information content (AvgIpc) is 3.09. The van der Waals surface area contributed by atoms with E-state index in [9.17, 15) is 4.39 Å². The van der Waals surface area contributed by atoms with E-state index in [2.05, 4.69) is 32.7 Å². The van der Waals surface area contributed by atoms with E-state index in [4.69, 9.17) is 4.74 Å². The van der Waals surface area contributed by atoms with Gasteiger partial charge in [0.05, 0.1) is 13.2 Å². The molecule has 7 heteroatoms. The van der Waals surface area contributed by atoms with E-state index in [1.165, 1.54) is 12.1 Å². The first-order valence-corrected chi connectivity index (χ1v) is 9.54. The maximum atomic E-state index is 13.3. The molecule has 0 fully saturated rings. The fourth-order valence-corrected chi connectivity index (χ4v) is 3.18. The molecule has 0 atom stereocenters. The Labute approximate surface area is 188 Å². The van der Waals surface area contributed by atoms with Crippen LogP contribution in [0.1, 0.15) is 23.6 Å². The number of aliphatic imine (C=N–C) groups is 1. The molecule has 3 rings (SSSR count). The summed E-state index contributed by atoms with van der Waals surface area (Å²) in [7, 11) is 1.70. The number of nitrogens with zero attached hydrogens (tertiary/aromatic N) is 1. The van der Waals surface area contributed by atoms with Crippen LogP contribution in [0.25, 0.3) is 10.9 Å². The standard InChI is InChI=1S/C22H27FN4O.HI/c1-3-24-22(27-13-16-5-4-6-17(11-16)15-28-2)25-10-9-18-14-26-21-12-19(23)7-8-20(18)21;/h4-8,11-12,14,26H,3,9-10,13,15H2,1-2H3,(H2,24,25,27);1H. The monoisotopic (exact) mass is 510 g/mol. The Morgan fingerprint density at radius 2 is 1.97 bits per heavy atom. The number of aromatic nitrogens is 1. The molecule has 156 valence electrons. The van der Waals surface area contributed by atoms with Crippen LogP contribution in [0, 0.1) is 5.82 Å². The molecule has 3 N–H and O–H groups in total. The lowest BCUT2D eigenvalue weighted by Gasteiger charge is -2.11. The number of aromatic amines is 1. The Bertz CT molecular complexity index is 941. The number of fused-ring (bicyclic) bond motifs is 1. The van der Waals surface area contributed by atoms with Gasteiger partial charge in [0.15, 0.2) is 5.96 Å². The Morgan fingerprint density at radius 3 is 2.76 bits per heavy atom. The number of nitrogens with one attached hydrogen (secondary N) is 3. The third-order valence-electron chi connectivity index (χ3n) is 4.48. The van der Waals surface area contributed by atoms with Crippen molar-refractivity contribution in [2.24, 2.45) is 4.99 Å². The van der Waals surface area contributed by atoms with Crippen LogP contribution in [0.3, 0.4) is 0 Å². The molecule has 0 aliphatic rings. The minimum Gasteiger partial charge on any atom is -0.380 e. The highest BCUT2D eigenvalue weighted by atomic mass is 127. The lowest BCUT2D eigenvalue weighted by molar-refractivity contribution is 0.185. The molecule has 0 saturated carbocycles. The van der Waals surface area contributed by atoms with Crippen LogP contribution >= 0.6 is 24.0 Å². The van der Waals surface area contributed by atoms with Crippen molar-refractivity contribution < 1.29 is 9.13 Å². The van der Waals surface area contributed by atoms with Crippen molar-refractivity contribution in [1.29, 1.82) is 0 Å². The van der Waals surface area contributed by atoms with Crippen molar-refractivity contribution in [3.63, 3.8) is 0 Å². The molecule has 0 unspecified atom stereocenters. The number of benzene rings is 2. The van der Waals surface area contributed by atoms with E-state index < -0.39 is 0 Å². The summed E-state index contributed by atoms with van der Waals surface area (Å²) in [5.41, 5.74) is 4.27. The second kappa shape index (κ2) is 11.8. The SMILES string of the molecule is CCNC(=NCc1cccc(COC)c1)NCCc1c[nH]c2cc(F)ccc12.I. The van der Waals surface area contributed by atoms with Gasteiger partial charge in [0.2, 0.25) is 0 Å². The number of ether oxygens (including phenoxy) is 1. The van der Waals surface area contributed by atoms with Gasteiger partial charge in [0.25, 0.3) is 0 Å². The first-order chi connectivity index (χ1) is 13.7. The van der Waals surface area contributed by atoms with Crippen LogP contribution in [-0.4, -0.2) is 31.1 Å². The Morgan fingerprint density at radius 1 is 1.14 bits per heavy atom. The van der Waals surface area contributed by atoms with Crippen molar-refractivity contribution in [3.8, 4) is 0 Å². The third-order valence-corrected chi connectivity index (χ3v) is 4.48. The molecule has 0 bridgehead atoms. The van der Waals surface area contributed by atoms with E-state index in [0.717, 1.165) is 53.1 Å². The van der Waals surface area contributed by atoms with Crippen LogP contribution in [0.2, 0.25) is 0 Å². The summed E-state index contributed by atoms with van der Waals surface area (Å²) in [6, 6.07) is 13.1. The lowest BCUT2D eigenvalue weighted by atomic mass is 10.1. The predicted octanol–water partition coefficient (Wildman–Crippen LogP) is 4.37. The Kier molecular flexibility index (Phi) is 9.40. The zero-order valence-corrected chi connectivity index (χ0v) is 19.1. The second-order valence-corrected chi connectivity index (χ2v) is 6.63. The van der Waals surface area contributed by atoms with Gasteiger partial charge in [-0.15, -0.1) is 24.0 Å². The Hall–Kier alpha value is -2.13. The van der Waals surface area contributed by atoms with Crippen molar-refractivity contribution in [3.05, 3.63) is 71.2 Å². The summed E-state index contributed by atoms with van der Waals surface area (Å²) >= 11 is 0. The fraction of sp³-hybridized carbons (Fsp3) is 0.318. The van der Waals surface area contributed by atoms with Crippen LogP contribution in [-0.2, 0) is 24.3 Å². The maximum absolute atomic E-state index is 13.3. The van der Waals surface area contributed by atoms with Crippen molar-refractivity contribution in [2.45, 2.75) is 26.5 Å². The zero-order valence-electron chi connectivity index (χ0n) is 16.8. The number of guanidine groups is 1. The molecule has 0 aliphatic carbocycles. The van der Waals surface area contributed by atoms with Crippen molar-refractivity contribution in [2.75, 3.05) is 20.2 Å². The van der Waals surface area contributed by atoms with Crippen molar-refractivity contribution >= 4 is 40.8 Å². The van der Waals surface area contributed by atoms with Gasteiger partial charge in [-0.3, -0.25) is 0 Å². The summed E-state index contributed by atoms with van der Waals surface area (Å²) in [5.74, 6) is 0.556. The average molecular weight is 510 g/mol. The van der Waals surface area contributed by atoms with Crippen LogP contribution in [0.5, 0.6) is 0 Å². The number of rotatable bonds is 8. The minimum absolute atomic E-state index is 0. The third kappa shape index (κ3) is 6.71. The molecule has 0 saturated heterocycles. The summed E-state index contributed by atoms with van der Waals surface area (Å²) in [6.45, 7) is 4.77. The summed E-state index contributed by atoms with van der Waals surface area (Å²) in [6.07, 6.45) is 2.76. The number of hydrogen-bond acceptors (Lipinski definition) is 2. The predicted molar refractivity (Wildman–Crippen MR) is 127 cm³/mol. The molecule has 5 nitrogen and oxygen atoms in total. The minimum atomic E-state index is -0.227. The summed E-state index contributed by atoms with van der Waals surface area (Å²) in [4.78, 5) is 7.80. The number of hydrogen-bond donors (Lipinski definition) is 3. The normalized spacial score (nSPS) is 11.3. The molecule has 0 aliphatic heterocycles. The van der Waals surface area contributed by atoms with Gasteiger partial charge < -0.3 is 20.4 Å². The van der Waals surface area contributed by atoms with Crippen molar-refractivity contribution in [1.82, 2.24) is 15.6 Å². The molecule has 29 heavy (non-hydrogen) atoms. The summed E-state index contributed by atoms with van der Waals surface area (Å²) in [5, 5.41) is 7.70. The number of halogens is 2. The highest BCUT2D eigenvalue weighted by Gasteiger charge is 2.05. The van der Waals surface area contributed by atoms with E-state index >= 15 is 0 Å². The van der Waals surface area contributed by atoms with Gasteiger partial charge in [0.1, 0.15) is 5.82 Å². The highest BCUT2D eigenvalue weighted by Crippen LogP contribution is 2.19. The molecular formula is C22H28FIN4O. The van der Waals surface area contributed by atoms with Crippen LogP contribution in [0.4, 0.5) is 4.39 Å². The number of methoxy groups -OCH3 is 1. The second-order valence-electron chi connectivity index (χ2n) is 6.63. The van der Waals surface area contributed by atoms with Crippen LogP contribution < -0.4 is 10.6 Å². The van der Waals surface area contributed by atoms with E-state index in [-0.39, 0.29) is 29.8 Å². The van der Waals surface area contributed by atoms with E-state index in [1.807, 2.05) is 31.3 Å². The molecule has 0 radical (unpaired) electrons. The van der Waals surface area contributed by atoms with Crippen LogP contribution in [0.15, 0.2) is 53.7 Å². The number of H-pyrrole nitrogens is 1. The van der Waals surface area contributed by atoms with E-state index in [0.29, 0.717) is 13.2 Å².